The van der Waals surface area contributed by atoms with Crippen LogP contribution in [0.1, 0.15) is 5.82 Å². The summed E-state index contributed by atoms with van der Waals surface area (Å²) in [5.74, 6) is 0.933. The summed E-state index contributed by atoms with van der Waals surface area (Å²) in [6.07, 6.45) is 0.555. The minimum Gasteiger partial charge on any atom is -0.506 e. The zero-order valence-corrected chi connectivity index (χ0v) is 11.8. The predicted molar refractivity (Wildman–Crippen MR) is 72.8 cm³/mol. The van der Waals surface area contributed by atoms with Crippen molar-refractivity contribution in [3.05, 3.63) is 29.0 Å². The molecule has 0 spiro atoms. The number of nitrogens with zero attached hydrogens (tertiary/aromatic N) is 2. The normalized spacial score (nSPS) is 10.9. The largest absolute Gasteiger partial charge is 0.506 e. The molecule has 108 valence electrons. The van der Waals surface area contributed by atoms with Crippen molar-refractivity contribution in [3.63, 3.8) is 0 Å². The average molecular weight is 299 g/mol. The highest BCUT2D eigenvalue weighted by molar-refractivity contribution is 6.32. The number of rotatable bonds is 7. The molecule has 0 atom stereocenters. The standard InChI is InChI=1S/C13H15ClN2O4/c1-18-6-7-19-5-4-12-15-13(20-16-12)9-2-3-11(17)10(14)8-9/h2-3,8,17H,4-7H2,1H3. The Labute approximate surface area is 121 Å². The lowest BCUT2D eigenvalue weighted by molar-refractivity contribution is 0.0714. The van der Waals surface area contributed by atoms with E-state index in [-0.39, 0.29) is 10.8 Å². The molecule has 0 aliphatic carbocycles. The number of methoxy groups -OCH3 is 1. The van der Waals surface area contributed by atoms with Crippen molar-refractivity contribution in [2.45, 2.75) is 6.42 Å². The van der Waals surface area contributed by atoms with Gasteiger partial charge in [-0.05, 0) is 18.2 Å². The lowest BCUT2D eigenvalue weighted by atomic mass is 10.2. The van der Waals surface area contributed by atoms with Crippen LogP contribution in [0.15, 0.2) is 22.7 Å². The van der Waals surface area contributed by atoms with Crippen molar-refractivity contribution in [1.82, 2.24) is 10.1 Å². The molecule has 1 aromatic carbocycles. The van der Waals surface area contributed by atoms with E-state index in [1.807, 2.05) is 0 Å². The second kappa shape index (κ2) is 7.23. The van der Waals surface area contributed by atoms with Gasteiger partial charge in [-0.1, -0.05) is 16.8 Å². The van der Waals surface area contributed by atoms with E-state index in [0.29, 0.717) is 43.5 Å². The Bertz CT molecular complexity index is 559. The first-order valence-corrected chi connectivity index (χ1v) is 6.46. The smallest absolute Gasteiger partial charge is 0.257 e. The molecule has 20 heavy (non-hydrogen) atoms. The van der Waals surface area contributed by atoms with Crippen LogP contribution in [0.2, 0.25) is 5.02 Å². The van der Waals surface area contributed by atoms with Crippen molar-refractivity contribution in [2.75, 3.05) is 26.9 Å². The number of hydrogen-bond acceptors (Lipinski definition) is 6. The van der Waals surface area contributed by atoms with Crippen molar-refractivity contribution in [3.8, 4) is 17.2 Å². The molecule has 0 radical (unpaired) electrons. The molecule has 1 aromatic heterocycles. The van der Waals surface area contributed by atoms with E-state index in [2.05, 4.69) is 10.1 Å². The van der Waals surface area contributed by atoms with Gasteiger partial charge >= 0.3 is 0 Å². The highest BCUT2D eigenvalue weighted by atomic mass is 35.5. The van der Waals surface area contributed by atoms with E-state index in [1.54, 1.807) is 19.2 Å². The van der Waals surface area contributed by atoms with Crippen molar-refractivity contribution < 1.29 is 19.1 Å². The van der Waals surface area contributed by atoms with Crippen LogP contribution in [-0.4, -0.2) is 42.2 Å². The fraction of sp³-hybridized carbons (Fsp3) is 0.385. The zero-order chi connectivity index (χ0) is 14.4. The van der Waals surface area contributed by atoms with Gasteiger partial charge in [0.05, 0.1) is 24.8 Å². The summed E-state index contributed by atoms with van der Waals surface area (Å²) in [6, 6.07) is 4.71. The molecular weight excluding hydrogens is 284 g/mol. The Balaban J connectivity index is 1.93. The molecule has 0 saturated heterocycles. The van der Waals surface area contributed by atoms with E-state index in [0.717, 1.165) is 0 Å². The number of ether oxygens (including phenoxy) is 2. The van der Waals surface area contributed by atoms with Gasteiger partial charge in [-0.2, -0.15) is 4.98 Å². The third-order valence-corrected chi connectivity index (χ3v) is 2.87. The lowest BCUT2D eigenvalue weighted by Crippen LogP contribution is -2.05. The summed E-state index contributed by atoms with van der Waals surface area (Å²) in [4.78, 5) is 4.24. The van der Waals surface area contributed by atoms with Gasteiger partial charge in [0, 0.05) is 19.1 Å². The quantitative estimate of drug-likeness (QED) is 0.790. The number of aromatic nitrogens is 2. The third-order valence-electron chi connectivity index (χ3n) is 2.56. The lowest BCUT2D eigenvalue weighted by Gasteiger charge is -2.00. The molecule has 2 rings (SSSR count). The minimum atomic E-state index is 0.0155. The average Bonchev–Trinajstić information content (AvgIpc) is 2.90. The maximum absolute atomic E-state index is 9.36. The Kier molecular flexibility index (Phi) is 5.34. The number of hydrogen-bond donors (Lipinski definition) is 1. The molecule has 0 aliphatic heterocycles. The van der Waals surface area contributed by atoms with Crippen LogP contribution in [0.5, 0.6) is 5.75 Å². The van der Waals surface area contributed by atoms with Gasteiger partial charge in [-0.15, -0.1) is 0 Å². The molecule has 0 bridgehead atoms. The van der Waals surface area contributed by atoms with Crippen LogP contribution in [0.25, 0.3) is 11.5 Å². The van der Waals surface area contributed by atoms with Gasteiger partial charge in [0.25, 0.3) is 5.89 Å². The van der Waals surface area contributed by atoms with Crippen LogP contribution >= 0.6 is 11.6 Å². The summed E-state index contributed by atoms with van der Waals surface area (Å²) in [5.41, 5.74) is 0.659. The van der Waals surface area contributed by atoms with E-state index >= 15 is 0 Å². The number of benzene rings is 1. The highest BCUT2D eigenvalue weighted by Gasteiger charge is 2.10. The Morgan fingerprint density at radius 1 is 1.30 bits per heavy atom. The molecular formula is C13H15ClN2O4. The van der Waals surface area contributed by atoms with Crippen molar-refractivity contribution >= 4 is 11.6 Å². The number of phenolic OH excluding ortho intramolecular Hbond substituents is 1. The van der Waals surface area contributed by atoms with Crippen LogP contribution in [0.3, 0.4) is 0 Å². The fourth-order valence-electron chi connectivity index (χ4n) is 1.52. The summed E-state index contributed by atoms with van der Waals surface area (Å²) in [7, 11) is 1.62. The Morgan fingerprint density at radius 2 is 2.15 bits per heavy atom. The van der Waals surface area contributed by atoms with Crippen molar-refractivity contribution in [1.29, 1.82) is 0 Å². The molecule has 1 N–H and O–H groups in total. The summed E-state index contributed by atoms with van der Waals surface area (Å²) in [5, 5.41) is 13.5. The number of phenols is 1. The highest BCUT2D eigenvalue weighted by Crippen LogP contribution is 2.28. The topological polar surface area (TPSA) is 77.6 Å². The fourth-order valence-corrected chi connectivity index (χ4v) is 1.70. The van der Waals surface area contributed by atoms with Crippen LogP contribution < -0.4 is 0 Å². The van der Waals surface area contributed by atoms with Gasteiger partial charge < -0.3 is 19.1 Å². The second-order valence-corrected chi connectivity index (χ2v) is 4.44. The predicted octanol–water partition coefficient (Wildman–Crippen LogP) is 2.30. The van der Waals surface area contributed by atoms with E-state index < -0.39 is 0 Å². The van der Waals surface area contributed by atoms with Gasteiger partial charge in [0.1, 0.15) is 5.75 Å². The van der Waals surface area contributed by atoms with E-state index in [1.165, 1.54) is 6.07 Å². The molecule has 0 amide bonds. The van der Waals surface area contributed by atoms with Crippen LogP contribution in [0.4, 0.5) is 0 Å². The molecule has 0 fully saturated rings. The molecule has 2 aromatic rings. The van der Waals surface area contributed by atoms with Crippen LogP contribution in [0, 0.1) is 0 Å². The summed E-state index contributed by atoms with van der Waals surface area (Å²) >= 11 is 5.83. The van der Waals surface area contributed by atoms with Gasteiger partial charge in [-0.25, -0.2) is 0 Å². The first kappa shape index (κ1) is 14.8. The molecule has 0 unspecified atom stereocenters. The first-order chi connectivity index (χ1) is 9.70. The molecule has 1 heterocycles. The van der Waals surface area contributed by atoms with Gasteiger partial charge in [-0.3, -0.25) is 0 Å². The van der Waals surface area contributed by atoms with Gasteiger partial charge in [0.15, 0.2) is 5.82 Å². The molecule has 6 nitrogen and oxygen atoms in total. The van der Waals surface area contributed by atoms with Crippen molar-refractivity contribution in [2.24, 2.45) is 0 Å². The first-order valence-electron chi connectivity index (χ1n) is 6.09. The Morgan fingerprint density at radius 3 is 2.90 bits per heavy atom. The Hall–Kier alpha value is -1.63. The monoisotopic (exact) mass is 298 g/mol. The SMILES string of the molecule is COCCOCCc1noc(-c2ccc(O)c(Cl)c2)n1. The zero-order valence-electron chi connectivity index (χ0n) is 11.0. The molecule has 0 aliphatic rings. The molecule has 0 saturated carbocycles. The van der Waals surface area contributed by atoms with Crippen LogP contribution in [-0.2, 0) is 15.9 Å². The second-order valence-electron chi connectivity index (χ2n) is 4.04. The van der Waals surface area contributed by atoms with E-state index in [9.17, 15) is 5.11 Å². The maximum Gasteiger partial charge on any atom is 0.257 e. The number of halogens is 1. The van der Waals surface area contributed by atoms with E-state index in [4.69, 9.17) is 25.6 Å². The summed E-state index contributed by atoms with van der Waals surface area (Å²) in [6.45, 7) is 1.59. The van der Waals surface area contributed by atoms with Gasteiger partial charge in [0.2, 0.25) is 0 Å². The molecule has 7 heteroatoms. The number of aromatic hydroxyl groups is 1. The summed E-state index contributed by atoms with van der Waals surface area (Å²) < 4.78 is 15.3. The maximum atomic E-state index is 9.36. The third kappa shape index (κ3) is 3.93. The minimum absolute atomic E-state index is 0.0155.